The van der Waals surface area contributed by atoms with Gasteiger partial charge in [0.05, 0.1) is 18.3 Å². The summed E-state index contributed by atoms with van der Waals surface area (Å²) < 4.78 is 13.8. The fourth-order valence-corrected chi connectivity index (χ4v) is 2.61. The van der Waals surface area contributed by atoms with Crippen molar-refractivity contribution in [1.29, 1.82) is 0 Å². The third kappa shape index (κ3) is 3.89. The van der Waals surface area contributed by atoms with E-state index in [-0.39, 0.29) is 19.1 Å². The molecule has 1 aromatic heterocycles. The first kappa shape index (κ1) is 16.0. The van der Waals surface area contributed by atoms with Gasteiger partial charge in [0.25, 0.3) is 5.91 Å². The van der Waals surface area contributed by atoms with Crippen LogP contribution < -0.4 is 10.1 Å². The number of fused-ring (bicyclic) bond motifs is 1. The summed E-state index contributed by atoms with van der Waals surface area (Å²) in [7, 11) is 0. The van der Waals surface area contributed by atoms with Gasteiger partial charge in [0, 0.05) is 5.56 Å². The van der Waals surface area contributed by atoms with Gasteiger partial charge in [-0.05, 0) is 36.8 Å². The molecule has 3 aromatic rings. The average Bonchev–Trinajstić information content (AvgIpc) is 3.07. The molecule has 5 nitrogen and oxygen atoms in total. The lowest BCUT2D eigenvalue weighted by atomic mass is 10.2. The number of ether oxygens (including phenoxy) is 1. The van der Waals surface area contributed by atoms with Crippen molar-refractivity contribution in [2.75, 3.05) is 13.2 Å². The number of para-hydroxylation sites is 1. The van der Waals surface area contributed by atoms with Crippen LogP contribution in [-0.2, 0) is 0 Å². The molecule has 0 bridgehead atoms. The molecule has 0 aliphatic heterocycles. The highest BCUT2D eigenvalue weighted by Gasteiger charge is 2.06. The number of aryl methyl sites for hydroxylation is 1. The molecule has 120 valence electrons. The van der Waals surface area contributed by atoms with Crippen LogP contribution in [0.15, 0.2) is 42.5 Å². The van der Waals surface area contributed by atoms with E-state index < -0.39 is 0 Å². The van der Waals surface area contributed by atoms with Gasteiger partial charge < -0.3 is 10.1 Å². The molecule has 0 spiro atoms. The number of rotatable bonds is 4. The van der Waals surface area contributed by atoms with Crippen LogP contribution in [0.25, 0.3) is 11.0 Å². The first-order valence-electron chi connectivity index (χ1n) is 7.39. The number of hydrogen-bond acceptors (Lipinski definition) is 5. The molecule has 1 N–H and O–H groups in total. The van der Waals surface area contributed by atoms with E-state index in [0.29, 0.717) is 5.56 Å². The summed E-state index contributed by atoms with van der Waals surface area (Å²) >= 11 is 1.13. The first-order chi connectivity index (χ1) is 11.7. The summed E-state index contributed by atoms with van der Waals surface area (Å²) in [6.07, 6.45) is 0. The lowest BCUT2D eigenvalue weighted by molar-refractivity contribution is 0.0959. The topological polar surface area (TPSA) is 64.1 Å². The summed E-state index contributed by atoms with van der Waals surface area (Å²) in [5, 5.41) is 2.75. The smallest absolute Gasteiger partial charge is 0.252 e. The van der Waals surface area contributed by atoms with Crippen molar-refractivity contribution in [3.63, 3.8) is 0 Å². The molecule has 1 heterocycles. The third-order valence-corrected chi connectivity index (χ3v) is 3.93. The molecular weight excluding hydrogens is 322 g/mol. The van der Waals surface area contributed by atoms with E-state index in [4.69, 9.17) is 4.74 Å². The Hall–Kier alpha value is -2.91. The van der Waals surface area contributed by atoms with Crippen LogP contribution >= 0.6 is 11.7 Å². The number of hydrogen-bond donors (Lipinski definition) is 1. The summed E-state index contributed by atoms with van der Waals surface area (Å²) in [6.45, 7) is 2.54. The molecule has 0 radical (unpaired) electrons. The van der Waals surface area contributed by atoms with E-state index >= 15 is 0 Å². The van der Waals surface area contributed by atoms with Gasteiger partial charge in [-0.25, -0.2) is 0 Å². The molecule has 6 heteroatoms. The fourth-order valence-electron chi connectivity index (χ4n) is 2.10. The van der Waals surface area contributed by atoms with E-state index in [9.17, 15) is 4.79 Å². The van der Waals surface area contributed by atoms with Gasteiger partial charge >= 0.3 is 0 Å². The quantitative estimate of drug-likeness (QED) is 0.744. The van der Waals surface area contributed by atoms with E-state index in [1.54, 1.807) is 18.2 Å². The molecule has 0 aliphatic carbocycles. The highest BCUT2D eigenvalue weighted by molar-refractivity contribution is 7.00. The predicted octanol–water partition coefficient (Wildman–Crippen LogP) is 2.81. The van der Waals surface area contributed by atoms with Crippen LogP contribution in [0.2, 0.25) is 0 Å². The van der Waals surface area contributed by atoms with E-state index in [2.05, 4.69) is 25.9 Å². The zero-order valence-electron chi connectivity index (χ0n) is 13.1. The van der Waals surface area contributed by atoms with Crippen molar-refractivity contribution in [1.82, 2.24) is 14.1 Å². The molecule has 0 atom stereocenters. The van der Waals surface area contributed by atoms with Crippen LogP contribution in [0, 0.1) is 18.8 Å². The van der Waals surface area contributed by atoms with E-state index in [0.717, 1.165) is 34.1 Å². The van der Waals surface area contributed by atoms with Gasteiger partial charge in [0.2, 0.25) is 0 Å². The lowest BCUT2D eigenvalue weighted by Crippen LogP contribution is -2.23. The zero-order chi connectivity index (χ0) is 16.8. The van der Waals surface area contributed by atoms with Crippen molar-refractivity contribution in [3.05, 3.63) is 53.6 Å². The number of carbonyl (C=O) groups excluding carboxylic acids is 1. The number of carbonyl (C=O) groups is 1. The maximum atomic E-state index is 12.1. The minimum atomic E-state index is -0.181. The monoisotopic (exact) mass is 337 g/mol. The van der Waals surface area contributed by atoms with Crippen molar-refractivity contribution in [2.45, 2.75) is 6.92 Å². The minimum Gasteiger partial charge on any atom is -0.481 e. The SMILES string of the molecule is Cc1ccccc1OCC#CCNC(=O)c1ccc2nsnc2c1. The van der Waals surface area contributed by atoms with Gasteiger partial charge in [0.1, 0.15) is 23.4 Å². The number of aromatic nitrogens is 2. The van der Waals surface area contributed by atoms with Crippen molar-refractivity contribution in [3.8, 4) is 17.6 Å². The number of nitrogens with one attached hydrogen (secondary N) is 1. The largest absolute Gasteiger partial charge is 0.481 e. The number of benzene rings is 2. The third-order valence-electron chi connectivity index (χ3n) is 3.37. The zero-order valence-corrected chi connectivity index (χ0v) is 13.9. The predicted molar refractivity (Wildman–Crippen MR) is 94.2 cm³/mol. The summed E-state index contributed by atoms with van der Waals surface area (Å²) in [4.78, 5) is 12.1. The maximum Gasteiger partial charge on any atom is 0.252 e. The van der Waals surface area contributed by atoms with Gasteiger partial charge in [0.15, 0.2) is 0 Å². The Morgan fingerprint density at radius 1 is 1.17 bits per heavy atom. The van der Waals surface area contributed by atoms with Gasteiger partial charge in [-0.1, -0.05) is 30.0 Å². The Kier molecular flexibility index (Phi) is 5.04. The van der Waals surface area contributed by atoms with Gasteiger partial charge in [-0.2, -0.15) is 8.75 Å². The van der Waals surface area contributed by atoms with Crippen LogP contribution in [0.1, 0.15) is 15.9 Å². The molecule has 24 heavy (non-hydrogen) atoms. The Balaban J connectivity index is 1.48. The first-order valence-corrected chi connectivity index (χ1v) is 8.12. The lowest BCUT2D eigenvalue weighted by Gasteiger charge is -2.04. The molecule has 0 aliphatic rings. The second kappa shape index (κ2) is 7.57. The second-order valence-electron chi connectivity index (χ2n) is 5.06. The molecule has 0 saturated carbocycles. The average molecular weight is 337 g/mol. The summed E-state index contributed by atoms with van der Waals surface area (Å²) in [5.74, 6) is 6.40. The molecular formula is C18H15N3O2S. The van der Waals surface area contributed by atoms with Crippen LogP contribution in [0.3, 0.4) is 0 Å². The van der Waals surface area contributed by atoms with Gasteiger partial charge in [-0.15, -0.1) is 0 Å². The normalized spacial score (nSPS) is 10.0. The van der Waals surface area contributed by atoms with Crippen molar-refractivity contribution >= 4 is 28.7 Å². The molecule has 1 amide bonds. The van der Waals surface area contributed by atoms with Crippen molar-refractivity contribution in [2.24, 2.45) is 0 Å². The Morgan fingerprint density at radius 2 is 2.00 bits per heavy atom. The number of amides is 1. The Bertz CT molecular complexity index is 924. The second-order valence-corrected chi connectivity index (χ2v) is 5.59. The van der Waals surface area contributed by atoms with Crippen LogP contribution in [-0.4, -0.2) is 27.8 Å². The minimum absolute atomic E-state index is 0.181. The van der Waals surface area contributed by atoms with Crippen molar-refractivity contribution < 1.29 is 9.53 Å². The summed E-state index contributed by atoms with van der Waals surface area (Å²) in [6, 6.07) is 13.0. The molecule has 0 fully saturated rings. The molecule has 0 saturated heterocycles. The highest BCUT2D eigenvalue weighted by Crippen LogP contribution is 2.15. The van der Waals surface area contributed by atoms with E-state index in [1.807, 2.05) is 31.2 Å². The maximum absolute atomic E-state index is 12.1. The number of nitrogens with zero attached hydrogens (tertiary/aromatic N) is 2. The fraction of sp³-hybridized carbons (Fsp3) is 0.167. The van der Waals surface area contributed by atoms with Crippen LogP contribution in [0.5, 0.6) is 5.75 Å². The molecule has 3 rings (SSSR count). The molecule has 2 aromatic carbocycles. The van der Waals surface area contributed by atoms with E-state index in [1.165, 1.54) is 0 Å². The Labute approximate surface area is 144 Å². The Morgan fingerprint density at radius 3 is 2.88 bits per heavy atom. The molecule has 0 unspecified atom stereocenters. The standard InChI is InChI=1S/C18H15N3O2S/c1-13-6-2-3-7-17(13)23-11-5-4-10-19-18(22)14-8-9-15-16(12-14)21-24-20-15/h2-3,6-9,12H,10-11H2,1H3,(H,19,22). The van der Waals surface area contributed by atoms with Crippen LogP contribution in [0.4, 0.5) is 0 Å². The van der Waals surface area contributed by atoms with Gasteiger partial charge in [-0.3, -0.25) is 4.79 Å². The highest BCUT2D eigenvalue weighted by atomic mass is 32.1. The summed E-state index contributed by atoms with van der Waals surface area (Å²) in [5.41, 5.74) is 3.14.